The Kier molecular flexibility index (Phi) is 4.90. The van der Waals surface area contributed by atoms with E-state index < -0.39 is 0 Å². The third kappa shape index (κ3) is 3.63. The fourth-order valence-electron chi connectivity index (χ4n) is 3.02. The van der Waals surface area contributed by atoms with Crippen molar-refractivity contribution >= 4 is 16.3 Å². The minimum absolute atomic E-state index is 0.163. The molecule has 0 amide bonds. The number of nitrogens with one attached hydrogen (secondary N) is 1. The minimum Gasteiger partial charge on any atom is -0.383 e. The number of hydrogen-bond donors (Lipinski definition) is 1. The molecule has 0 aliphatic carbocycles. The molecule has 6 heteroatoms. The van der Waals surface area contributed by atoms with Gasteiger partial charge < -0.3 is 14.8 Å². The average Bonchev–Trinajstić information content (AvgIpc) is 3.06. The Labute approximate surface area is 129 Å². The zero-order chi connectivity index (χ0) is 14.5. The van der Waals surface area contributed by atoms with Crippen molar-refractivity contribution in [1.82, 2.24) is 14.7 Å². The molecule has 0 saturated carbocycles. The SMILES string of the molecule is COCCNCC1(Cc2cn3ccsc3n2)CCCOC1. The standard InChI is InChI=1S/C15H23N3O2S/c1-19-7-4-16-11-15(3-2-6-20-12-15)9-13-10-18-5-8-21-14(18)17-13/h5,8,10,16H,2-4,6-7,9,11-12H2,1H3. The second kappa shape index (κ2) is 6.87. The smallest absolute Gasteiger partial charge is 0.193 e. The maximum atomic E-state index is 5.77. The van der Waals surface area contributed by atoms with Gasteiger partial charge in [0, 0.05) is 56.4 Å². The van der Waals surface area contributed by atoms with E-state index in [-0.39, 0.29) is 5.41 Å². The summed E-state index contributed by atoms with van der Waals surface area (Å²) in [6.45, 7) is 4.30. The van der Waals surface area contributed by atoms with Crippen LogP contribution < -0.4 is 5.32 Å². The lowest BCUT2D eigenvalue weighted by atomic mass is 9.78. The molecule has 5 nitrogen and oxygen atoms in total. The Morgan fingerprint density at radius 2 is 2.52 bits per heavy atom. The molecule has 2 aromatic heterocycles. The van der Waals surface area contributed by atoms with Crippen LogP contribution in [-0.2, 0) is 15.9 Å². The molecule has 1 atom stereocenters. The van der Waals surface area contributed by atoms with Crippen molar-refractivity contribution in [2.24, 2.45) is 5.41 Å². The van der Waals surface area contributed by atoms with Crippen molar-refractivity contribution in [3.63, 3.8) is 0 Å². The van der Waals surface area contributed by atoms with Crippen molar-refractivity contribution in [2.75, 3.05) is 40.0 Å². The third-order valence-corrected chi connectivity index (χ3v) is 4.86. The molecule has 0 aromatic carbocycles. The monoisotopic (exact) mass is 309 g/mol. The lowest BCUT2D eigenvalue weighted by Gasteiger charge is -2.37. The highest BCUT2D eigenvalue weighted by atomic mass is 32.1. The van der Waals surface area contributed by atoms with Gasteiger partial charge in [0.15, 0.2) is 4.96 Å². The van der Waals surface area contributed by atoms with Crippen molar-refractivity contribution in [3.05, 3.63) is 23.5 Å². The minimum atomic E-state index is 0.163. The molecule has 1 saturated heterocycles. The summed E-state index contributed by atoms with van der Waals surface area (Å²) in [4.78, 5) is 5.80. The largest absolute Gasteiger partial charge is 0.383 e. The van der Waals surface area contributed by atoms with Crippen LogP contribution >= 0.6 is 11.3 Å². The molecule has 0 spiro atoms. The van der Waals surface area contributed by atoms with Crippen LogP contribution in [0.3, 0.4) is 0 Å². The van der Waals surface area contributed by atoms with E-state index in [4.69, 9.17) is 14.5 Å². The van der Waals surface area contributed by atoms with Gasteiger partial charge in [-0.25, -0.2) is 4.98 Å². The van der Waals surface area contributed by atoms with Crippen LogP contribution in [0.4, 0.5) is 0 Å². The Hall–Kier alpha value is -0.950. The Morgan fingerprint density at radius 1 is 1.57 bits per heavy atom. The lowest BCUT2D eigenvalue weighted by Crippen LogP contribution is -2.43. The quantitative estimate of drug-likeness (QED) is 0.795. The Bertz CT molecular complexity index is 532. The number of thiazole rings is 1. The van der Waals surface area contributed by atoms with Gasteiger partial charge in [-0.2, -0.15) is 0 Å². The fourth-order valence-corrected chi connectivity index (χ4v) is 3.74. The summed E-state index contributed by atoms with van der Waals surface area (Å²) in [5.74, 6) is 0. The number of ether oxygens (including phenoxy) is 2. The molecular formula is C15H23N3O2S. The summed E-state index contributed by atoms with van der Waals surface area (Å²) in [5, 5.41) is 5.58. The second-order valence-corrected chi connectivity index (χ2v) is 6.70. The highest BCUT2D eigenvalue weighted by molar-refractivity contribution is 7.15. The van der Waals surface area contributed by atoms with E-state index >= 15 is 0 Å². The van der Waals surface area contributed by atoms with Crippen molar-refractivity contribution in [2.45, 2.75) is 19.3 Å². The van der Waals surface area contributed by atoms with Crippen LogP contribution in [0.1, 0.15) is 18.5 Å². The zero-order valence-electron chi connectivity index (χ0n) is 12.5. The van der Waals surface area contributed by atoms with Gasteiger partial charge >= 0.3 is 0 Å². The van der Waals surface area contributed by atoms with Gasteiger partial charge in [-0.05, 0) is 12.8 Å². The number of methoxy groups -OCH3 is 1. The first-order chi connectivity index (χ1) is 10.3. The Morgan fingerprint density at radius 3 is 3.29 bits per heavy atom. The molecule has 116 valence electrons. The molecule has 1 aliphatic rings. The first-order valence-electron chi connectivity index (χ1n) is 7.50. The molecule has 1 fully saturated rings. The molecule has 3 heterocycles. The molecular weight excluding hydrogens is 286 g/mol. The Balaban J connectivity index is 1.67. The predicted molar refractivity (Wildman–Crippen MR) is 84.0 cm³/mol. The highest BCUT2D eigenvalue weighted by Crippen LogP contribution is 2.32. The molecule has 1 N–H and O–H groups in total. The second-order valence-electron chi connectivity index (χ2n) is 5.83. The lowest BCUT2D eigenvalue weighted by molar-refractivity contribution is -0.00812. The number of fused-ring (bicyclic) bond motifs is 1. The van der Waals surface area contributed by atoms with E-state index in [2.05, 4.69) is 27.5 Å². The fraction of sp³-hybridized carbons (Fsp3) is 0.667. The first kappa shape index (κ1) is 15.0. The van der Waals surface area contributed by atoms with Crippen molar-refractivity contribution in [1.29, 1.82) is 0 Å². The van der Waals surface area contributed by atoms with Gasteiger partial charge in [0.2, 0.25) is 0 Å². The molecule has 0 radical (unpaired) electrons. The van der Waals surface area contributed by atoms with E-state index in [9.17, 15) is 0 Å². The number of rotatable bonds is 7. The third-order valence-electron chi connectivity index (χ3n) is 4.09. The van der Waals surface area contributed by atoms with Crippen LogP contribution in [0.5, 0.6) is 0 Å². The summed E-state index contributed by atoms with van der Waals surface area (Å²) in [7, 11) is 1.74. The molecule has 21 heavy (non-hydrogen) atoms. The molecule has 0 bridgehead atoms. The number of imidazole rings is 1. The van der Waals surface area contributed by atoms with Crippen molar-refractivity contribution < 1.29 is 9.47 Å². The molecule has 1 aliphatic heterocycles. The number of hydrogen-bond acceptors (Lipinski definition) is 5. The van der Waals surface area contributed by atoms with E-state index in [0.29, 0.717) is 0 Å². The maximum absolute atomic E-state index is 5.77. The zero-order valence-corrected chi connectivity index (χ0v) is 13.3. The summed E-state index contributed by atoms with van der Waals surface area (Å²) in [6, 6.07) is 0. The van der Waals surface area contributed by atoms with Gasteiger partial charge in [0.25, 0.3) is 0 Å². The number of aromatic nitrogens is 2. The van der Waals surface area contributed by atoms with Crippen LogP contribution in [0, 0.1) is 5.41 Å². The van der Waals surface area contributed by atoms with Crippen LogP contribution in [-0.4, -0.2) is 49.4 Å². The molecule has 1 unspecified atom stereocenters. The topological polar surface area (TPSA) is 47.8 Å². The van der Waals surface area contributed by atoms with Crippen LogP contribution in [0.2, 0.25) is 0 Å². The maximum Gasteiger partial charge on any atom is 0.193 e. The van der Waals surface area contributed by atoms with E-state index in [1.807, 2.05) is 0 Å². The van der Waals surface area contributed by atoms with Gasteiger partial charge in [-0.3, -0.25) is 4.40 Å². The van der Waals surface area contributed by atoms with Crippen LogP contribution in [0.25, 0.3) is 4.96 Å². The summed E-state index contributed by atoms with van der Waals surface area (Å²) in [6.07, 6.45) is 7.52. The number of nitrogens with zero attached hydrogens (tertiary/aromatic N) is 2. The molecule has 3 rings (SSSR count). The average molecular weight is 309 g/mol. The van der Waals surface area contributed by atoms with E-state index in [0.717, 1.165) is 50.7 Å². The van der Waals surface area contributed by atoms with E-state index in [1.165, 1.54) is 12.1 Å². The summed E-state index contributed by atoms with van der Waals surface area (Å²) in [5.41, 5.74) is 1.33. The highest BCUT2D eigenvalue weighted by Gasteiger charge is 2.33. The van der Waals surface area contributed by atoms with Gasteiger partial charge in [-0.1, -0.05) is 0 Å². The molecule has 2 aromatic rings. The summed E-state index contributed by atoms with van der Waals surface area (Å²) < 4.78 is 13.0. The van der Waals surface area contributed by atoms with Gasteiger partial charge in [-0.15, -0.1) is 11.3 Å². The summed E-state index contributed by atoms with van der Waals surface area (Å²) >= 11 is 1.68. The first-order valence-corrected chi connectivity index (χ1v) is 8.38. The van der Waals surface area contributed by atoms with Crippen molar-refractivity contribution in [3.8, 4) is 0 Å². The van der Waals surface area contributed by atoms with Gasteiger partial charge in [0.05, 0.1) is 18.9 Å². The van der Waals surface area contributed by atoms with E-state index in [1.54, 1.807) is 18.4 Å². The van der Waals surface area contributed by atoms with Crippen LogP contribution in [0.15, 0.2) is 17.8 Å². The predicted octanol–water partition coefficient (Wildman–Crippen LogP) is 1.97. The normalized spacial score (nSPS) is 22.9. The van der Waals surface area contributed by atoms with Gasteiger partial charge in [0.1, 0.15) is 0 Å².